The molecule has 0 aliphatic heterocycles. The number of hydrogen-bond acceptors (Lipinski definition) is 5. The zero-order valence-corrected chi connectivity index (χ0v) is 13.0. The molecule has 0 aliphatic carbocycles. The number of carbonyl (C=O) groups is 2. The minimum absolute atomic E-state index is 0.0800. The molecule has 120 valence electrons. The Kier molecular flexibility index (Phi) is 5.43. The van der Waals surface area contributed by atoms with Gasteiger partial charge >= 0.3 is 5.97 Å². The number of methoxy groups -OCH3 is 1. The van der Waals surface area contributed by atoms with Gasteiger partial charge in [0.05, 0.1) is 7.11 Å². The average Bonchev–Trinajstić information content (AvgIpc) is 2.55. The van der Waals surface area contributed by atoms with Crippen LogP contribution in [0.1, 0.15) is 10.4 Å². The average molecular weight is 336 g/mol. The second kappa shape index (κ2) is 7.51. The van der Waals surface area contributed by atoms with Crippen LogP contribution in [-0.4, -0.2) is 30.7 Å². The second-order valence-electron chi connectivity index (χ2n) is 4.49. The van der Waals surface area contributed by atoms with Crippen molar-refractivity contribution >= 4 is 29.2 Å². The number of aromatic hydroxyl groups is 1. The third kappa shape index (κ3) is 4.37. The molecular weight excluding hydrogens is 322 g/mol. The monoisotopic (exact) mass is 335 g/mol. The molecule has 0 aliphatic rings. The van der Waals surface area contributed by atoms with Gasteiger partial charge in [0, 0.05) is 10.7 Å². The van der Waals surface area contributed by atoms with Gasteiger partial charge in [0.1, 0.15) is 5.56 Å². The lowest BCUT2D eigenvalue weighted by atomic mass is 10.2. The number of phenols is 1. The summed E-state index contributed by atoms with van der Waals surface area (Å²) < 4.78 is 9.78. The highest BCUT2D eigenvalue weighted by Crippen LogP contribution is 2.29. The summed E-state index contributed by atoms with van der Waals surface area (Å²) in [7, 11) is 1.36. The summed E-state index contributed by atoms with van der Waals surface area (Å²) in [6.45, 7) is -0.488. The molecule has 0 spiro atoms. The number of nitrogens with one attached hydrogen (secondary N) is 1. The summed E-state index contributed by atoms with van der Waals surface area (Å²) in [5.74, 6) is -1.53. The van der Waals surface area contributed by atoms with Gasteiger partial charge < -0.3 is 19.9 Å². The zero-order valence-electron chi connectivity index (χ0n) is 12.2. The molecule has 0 heterocycles. The Balaban J connectivity index is 1.94. The first-order chi connectivity index (χ1) is 11.0. The lowest BCUT2D eigenvalue weighted by Gasteiger charge is -2.09. The highest BCUT2D eigenvalue weighted by Gasteiger charge is 2.17. The smallest absolute Gasteiger partial charge is 0.342 e. The second-order valence-corrected chi connectivity index (χ2v) is 4.92. The number of rotatable bonds is 5. The Labute approximate surface area is 137 Å². The minimum Gasteiger partial charge on any atom is -0.504 e. The number of anilines is 1. The minimum atomic E-state index is -0.826. The molecule has 0 saturated carbocycles. The molecule has 0 atom stereocenters. The van der Waals surface area contributed by atoms with E-state index in [0.717, 1.165) is 0 Å². The van der Waals surface area contributed by atoms with Crippen molar-refractivity contribution in [3.63, 3.8) is 0 Å². The molecule has 0 radical (unpaired) electrons. The van der Waals surface area contributed by atoms with E-state index in [-0.39, 0.29) is 17.1 Å². The maximum absolute atomic E-state index is 11.9. The van der Waals surface area contributed by atoms with E-state index in [9.17, 15) is 14.7 Å². The third-order valence-electron chi connectivity index (χ3n) is 2.90. The van der Waals surface area contributed by atoms with Crippen LogP contribution in [0.5, 0.6) is 11.5 Å². The van der Waals surface area contributed by atoms with Crippen LogP contribution in [0, 0.1) is 0 Å². The summed E-state index contributed by atoms with van der Waals surface area (Å²) in [4.78, 5) is 23.6. The predicted octanol–water partition coefficient (Wildman–Crippen LogP) is 2.85. The Morgan fingerprint density at radius 3 is 2.52 bits per heavy atom. The van der Waals surface area contributed by atoms with Crippen molar-refractivity contribution in [1.29, 1.82) is 0 Å². The van der Waals surface area contributed by atoms with Crippen molar-refractivity contribution in [2.24, 2.45) is 0 Å². The number of ether oxygens (including phenoxy) is 2. The molecule has 2 aromatic carbocycles. The highest BCUT2D eigenvalue weighted by atomic mass is 35.5. The van der Waals surface area contributed by atoms with Crippen LogP contribution in [0.2, 0.25) is 5.02 Å². The molecule has 0 aromatic heterocycles. The van der Waals surface area contributed by atoms with Crippen molar-refractivity contribution < 1.29 is 24.2 Å². The number of hydrogen-bond donors (Lipinski definition) is 2. The molecule has 0 unspecified atom stereocenters. The first-order valence-electron chi connectivity index (χ1n) is 6.59. The molecule has 6 nitrogen and oxygen atoms in total. The summed E-state index contributed by atoms with van der Waals surface area (Å²) in [6, 6.07) is 10.9. The standard InChI is InChI=1S/C16H14ClNO5/c1-22-13-4-2-3-12(15(13)20)16(21)23-9-14(19)18-11-7-5-10(17)6-8-11/h2-8,20H,9H2,1H3,(H,18,19). The number of amides is 1. The number of benzene rings is 2. The fourth-order valence-electron chi connectivity index (χ4n) is 1.79. The quantitative estimate of drug-likeness (QED) is 0.821. The van der Waals surface area contributed by atoms with Crippen LogP contribution < -0.4 is 10.1 Å². The predicted molar refractivity (Wildman–Crippen MR) is 85.0 cm³/mol. The molecule has 2 rings (SSSR count). The largest absolute Gasteiger partial charge is 0.504 e. The van der Waals surface area contributed by atoms with Crippen LogP contribution >= 0.6 is 11.6 Å². The van der Waals surface area contributed by atoms with Gasteiger partial charge in [-0.1, -0.05) is 17.7 Å². The number of phenolic OH excluding ortho intramolecular Hbond substituents is 1. The van der Waals surface area contributed by atoms with Crippen molar-refractivity contribution in [1.82, 2.24) is 0 Å². The van der Waals surface area contributed by atoms with Gasteiger partial charge in [-0.15, -0.1) is 0 Å². The number of carbonyl (C=O) groups excluding carboxylic acids is 2. The van der Waals surface area contributed by atoms with Crippen LogP contribution in [0.15, 0.2) is 42.5 Å². The Hall–Kier alpha value is -2.73. The van der Waals surface area contributed by atoms with E-state index in [2.05, 4.69) is 5.32 Å². The Bertz CT molecular complexity index is 715. The van der Waals surface area contributed by atoms with E-state index in [1.54, 1.807) is 24.3 Å². The van der Waals surface area contributed by atoms with Crippen molar-refractivity contribution in [3.8, 4) is 11.5 Å². The van der Waals surface area contributed by atoms with Gasteiger partial charge in [-0.2, -0.15) is 0 Å². The zero-order chi connectivity index (χ0) is 16.8. The van der Waals surface area contributed by atoms with Gasteiger partial charge in [0.25, 0.3) is 5.91 Å². The topological polar surface area (TPSA) is 84.9 Å². The molecule has 1 amide bonds. The van der Waals surface area contributed by atoms with E-state index in [1.807, 2.05) is 0 Å². The van der Waals surface area contributed by atoms with Crippen molar-refractivity contribution in [3.05, 3.63) is 53.1 Å². The molecule has 2 aromatic rings. The molecule has 7 heteroatoms. The lowest BCUT2D eigenvalue weighted by Crippen LogP contribution is -2.21. The summed E-state index contributed by atoms with van der Waals surface area (Å²) >= 11 is 5.74. The van der Waals surface area contributed by atoms with E-state index in [4.69, 9.17) is 21.1 Å². The van der Waals surface area contributed by atoms with E-state index < -0.39 is 18.5 Å². The first-order valence-corrected chi connectivity index (χ1v) is 6.97. The van der Waals surface area contributed by atoms with Crippen LogP contribution in [0.25, 0.3) is 0 Å². The van der Waals surface area contributed by atoms with E-state index in [0.29, 0.717) is 10.7 Å². The Morgan fingerprint density at radius 1 is 1.17 bits per heavy atom. The molecule has 0 bridgehead atoms. The van der Waals surface area contributed by atoms with Crippen molar-refractivity contribution in [2.45, 2.75) is 0 Å². The normalized spacial score (nSPS) is 10.0. The van der Waals surface area contributed by atoms with E-state index in [1.165, 1.54) is 25.3 Å². The number of esters is 1. The molecular formula is C16H14ClNO5. The lowest BCUT2D eigenvalue weighted by molar-refractivity contribution is -0.119. The summed E-state index contributed by atoms with van der Waals surface area (Å²) in [6.07, 6.45) is 0. The van der Waals surface area contributed by atoms with Crippen LogP contribution in [0.4, 0.5) is 5.69 Å². The van der Waals surface area contributed by atoms with E-state index >= 15 is 0 Å². The fraction of sp³-hybridized carbons (Fsp3) is 0.125. The third-order valence-corrected chi connectivity index (χ3v) is 3.15. The molecule has 23 heavy (non-hydrogen) atoms. The van der Waals surface area contributed by atoms with Gasteiger partial charge in [0.2, 0.25) is 0 Å². The Morgan fingerprint density at radius 2 is 1.87 bits per heavy atom. The molecule has 2 N–H and O–H groups in total. The summed E-state index contributed by atoms with van der Waals surface area (Å²) in [5.41, 5.74) is 0.448. The fourth-order valence-corrected chi connectivity index (χ4v) is 1.92. The van der Waals surface area contributed by atoms with Crippen LogP contribution in [-0.2, 0) is 9.53 Å². The maximum Gasteiger partial charge on any atom is 0.342 e. The number of halogens is 1. The molecule has 0 saturated heterocycles. The first kappa shape index (κ1) is 16.6. The molecule has 0 fully saturated rings. The van der Waals surface area contributed by atoms with Gasteiger partial charge in [-0.25, -0.2) is 4.79 Å². The number of para-hydroxylation sites is 1. The highest BCUT2D eigenvalue weighted by molar-refractivity contribution is 6.30. The van der Waals surface area contributed by atoms with Gasteiger partial charge in [-0.3, -0.25) is 4.79 Å². The maximum atomic E-state index is 11.9. The van der Waals surface area contributed by atoms with Crippen LogP contribution in [0.3, 0.4) is 0 Å². The SMILES string of the molecule is COc1cccc(C(=O)OCC(=O)Nc2ccc(Cl)cc2)c1O. The summed E-state index contributed by atoms with van der Waals surface area (Å²) in [5, 5.41) is 12.9. The van der Waals surface area contributed by atoms with Gasteiger partial charge in [-0.05, 0) is 36.4 Å². The van der Waals surface area contributed by atoms with Crippen molar-refractivity contribution in [2.75, 3.05) is 19.0 Å². The van der Waals surface area contributed by atoms with Gasteiger partial charge in [0.15, 0.2) is 18.1 Å².